The summed E-state index contributed by atoms with van der Waals surface area (Å²) in [5, 5.41) is 5.09. The molecule has 7 heteroatoms. The lowest BCUT2D eigenvalue weighted by Crippen LogP contribution is -2.51. The molecule has 0 spiro atoms. The second-order valence-electron chi connectivity index (χ2n) is 7.31. The summed E-state index contributed by atoms with van der Waals surface area (Å²) >= 11 is 0. The van der Waals surface area contributed by atoms with E-state index < -0.39 is 0 Å². The average Bonchev–Trinajstić information content (AvgIpc) is 2.83. The zero-order valence-corrected chi connectivity index (χ0v) is 17.6. The normalized spacial score (nSPS) is 13.7. The number of piperazine rings is 1. The zero-order chi connectivity index (χ0) is 21.8. The minimum Gasteiger partial charge on any atom is -0.493 e. The molecule has 31 heavy (non-hydrogen) atoms. The predicted octanol–water partition coefficient (Wildman–Crippen LogP) is 3.85. The van der Waals surface area contributed by atoms with Crippen LogP contribution in [0.3, 0.4) is 0 Å². The standard InChI is InChI=1S/C24H25N3O4/c1-30-21-11-10-18(16-22(21)31-2)23(28)26-12-14-27(15-13-26)24(29)25-20-9-5-7-17-6-3-4-8-19(17)20/h3-11,16H,12-15H2,1-2H3,(H,25,29). The molecule has 1 heterocycles. The number of hydrogen-bond donors (Lipinski definition) is 1. The van der Waals surface area contributed by atoms with Gasteiger partial charge in [0.05, 0.1) is 19.9 Å². The van der Waals surface area contributed by atoms with E-state index in [9.17, 15) is 9.59 Å². The van der Waals surface area contributed by atoms with E-state index in [2.05, 4.69) is 5.32 Å². The summed E-state index contributed by atoms with van der Waals surface area (Å²) in [5.41, 5.74) is 1.32. The molecule has 0 aromatic heterocycles. The SMILES string of the molecule is COc1ccc(C(=O)N2CCN(C(=O)Nc3cccc4ccccc34)CC2)cc1OC. The number of carbonyl (C=O) groups excluding carboxylic acids is 2. The van der Waals surface area contributed by atoms with Gasteiger partial charge in [-0.15, -0.1) is 0 Å². The smallest absolute Gasteiger partial charge is 0.321 e. The fourth-order valence-corrected chi connectivity index (χ4v) is 3.79. The molecule has 7 nitrogen and oxygen atoms in total. The van der Waals surface area contributed by atoms with Crippen molar-refractivity contribution in [3.63, 3.8) is 0 Å². The molecule has 0 saturated carbocycles. The van der Waals surface area contributed by atoms with Crippen LogP contribution in [0.1, 0.15) is 10.4 Å². The van der Waals surface area contributed by atoms with Gasteiger partial charge in [-0.05, 0) is 29.7 Å². The Balaban J connectivity index is 1.39. The quantitative estimate of drug-likeness (QED) is 0.697. The maximum Gasteiger partial charge on any atom is 0.321 e. The van der Waals surface area contributed by atoms with Gasteiger partial charge in [0.2, 0.25) is 0 Å². The van der Waals surface area contributed by atoms with Crippen molar-refractivity contribution in [2.45, 2.75) is 0 Å². The van der Waals surface area contributed by atoms with E-state index >= 15 is 0 Å². The largest absolute Gasteiger partial charge is 0.493 e. The first-order valence-corrected chi connectivity index (χ1v) is 10.2. The Morgan fingerprint density at radius 2 is 1.48 bits per heavy atom. The van der Waals surface area contributed by atoms with Crippen LogP contribution in [0.2, 0.25) is 0 Å². The Labute approximate surface area is 181 Å². The summed E-state index contributed by atoms with van der Waals surface area (Å²) in [4.78, 5) is 29.2. The van der Waals surface area contributed by atoms with Gasteiger partial charge in [0, 0.05) is 37.1 Å². The van der Waals surface area contributed by atoms with Gasteiger partial charge < -0.3 is 24.6 Å². The zero-order valence-electron chi connectivity index (χ0n) is 17.6. The molecule has 0 unspecified atom stereocenters. The number of carbonyl (C=O) groups is 2. The fourth-order valence-electron chi connectivity index (χ4n) is 3.79. The minimum atomic E-state index is -0.158. The van der Waals surface area contributed by atoms with E-state index in [1.807, 2.05) is 42.5 Å². The highest BCUT2D eigenvalue weighted by atomic mass is 16.5. The molecule has 160 valence electrons. The summed E-state index contributed by atoms with van der Waals surface area (Å²) < 4.78 is 10.5. The first-order valence-electron chi connectivity index (χ1n) is 10.2. The minimum absolute atomic E-state index is 0.0879. The number of nitrogens with one attached hydrogen (secondary N) is 1. The van der Waals surface area contributed by atoms with Crippen molar-refractivity contribution in [1.82, 2.24) is 9.80 Å². The Morgan fingerprint density at radius 3 is 2.23 bits per heavy atom. The molecule has 1 saturated heterocycles. The molecule has 1 fully saturated rings. The molecule has 0 bridgehead atoms. The maximum atomic E-state index is 12.9. The van der Waals surface area contributed by atoms with Crippen LogP contribution in [0, 0.1) is 0 Å². The van der Waals surface area contributed by atoms with Crippen molar-refractivity contribution in [3.8, 4) is 11.5 Å². The highest BCUT2D eigenvalue weighted by molar-refractivity contribution is 6.01. The van der Waals surface area contributed by atoms with Crippen LogP contribution >= 0.6 is 0 Å². The summed E-state index contributed by atoms with van der Waals surface area (Å²) in [6, 6.07) is 18.8. The molecule has 0 atom stereocenters. The van der Waals surface area contributed by atoms with Gasteiger partial charge in [0.1, 0.15) is 0 Å². The molecule has 1 aliphatic rings. The van der Waals surface area contributed by atoms with E-state index in [4.69, 9.17) is 9.47 Å². The molecule has 0 aliphatic carbocycles. The van der Waals surface area contributed by atoms with Gasteiger partial charge in [-0.1, -0.05) is 36.4 Å². The van der Waals surface area contributed by atoms with Crippen molar-refractivity contribution in [3.05, 3.63) is 66.2 Å². The number of rotatable bonds is 4. The molecule has 1 aliphatic heterocycles. The van der Waals surface area contributed by atoms with E-state index in [0.717, 1.165) is 16.5 Å². The fraction of sp³-hybridized carbons (Fsp3) is 0.250. The molecule has 3 amide bonds. The highest BCUT2D eigenvalue weighted by Gasteiger charge is 2.25. The Hall–Kier alpha value is -3.74. The van der Waals surface area contributed by atoms with E-state index in [1.54, 1.807) is 42.2 Å². The molecule has 3 aromatic carbocycles. The van der Waals surface area contributed by atoms with Gasteiger partial charge >= 0.3 is 6.03 Å². The summed E-state index contributed by atoms with van der Waals surface area (Å²) in [5.74, 6) is 1.01. The Bertz CT molecular complexity index is 1100. The van der Waals surface area contributed by atoms with Gasteiger partial charge in [0.25, 0.3) is 5.91 Å². The maximum absolute atomic E-state index is 12.9. The molecular weight excluding hydrogens is 394 g/mol. The second-order valence-corrected chi connectivity index (χ2v) is 7.31. The third kappa shape index (κ3) is 4.26. The van der Waals surface area contributed by atoms with Crippen LogP contribution in [-0.4, -0.2) is 62.1 Å². The number of hydrogen-bond acceptors (Lipinski definition) is 4. The lowest BCUT2D eigenvalue weighted by molar-refractivity contribution is 0.0671. The Kier molecular flexibility index (Phi) is 5.93. The van der Waals surface area contributed by atoms with E-state index in [1.165, 1.54) is 0 Å². The van der Waals surface area contributed by atoms with Gasteiger partial charge in [-0.3, -0.25) is 4.79 Å². The lowest BCUT2D eigenvalue weighted by Gasteiger charge is -2.35. The molecule has 3 aromatic rings. The molecule has 0 radical (unpaired) electrons. The number of amides is 3. The number of nitrogens with zero attached hydrogens (tertiary/aromatic N) is 2. The van der Waals surface area contributed by atoms with Crippen molar-refractivity contribution in [1.29, 1.82) is 0 Å². The molecular formula is C24H25N3O4. The molecule has 4 rings (SSSR count). The summed E-state index contributed by atoms with van der Waals surface area (Å²) in [6.07, 6.45) is 0. The van der Waals surface area contributed by atoms with E-state index in [-0.39, 0.29) is 11.9 Å². The number of fused-ring (bicyclic) bond motifs is 1. The number of anilines is 1. The summed E-state index contributed by atoms with van der Waals surface area (Å²) in [7, 11) is 3.10. The third-order valence-electron chi connectivity index (χ3n) is 5.52. The number of benzene rings is 3. The van der Waals surface area contributed by atoms with Gasteiger partial charge in [-0.25, -0.2) is 4.79 Å². The van der Waals surface area contributed by atoms with Crippen LogP contribution in [0.5, 0.6) is 11.5 Å². The summed E-state index contributed by atoms with van der Waals surface area (Å²) in [6.45, 7) is 1.87. The van der Waals surface area contributed by atoms with Crippen LogP contribution in [0.25, 0.3) is 10.8 Å². The van der Waals surface area contributed by atoms with Crippen molar-refractivity contribution >= 4 is 28.4 Å². The van der Waals surface area contributed by atoms with E-state index in [0.29, 0.717) is 43.2 Å². The Morgan fingerprint density at radius 1 is 0.806 bits per heavy atom. The average molecular weight is 419 g/mol. The first-order chi connectivity index (χ1) is 15.1. The predicted molar refractivity (Wildman–Crippen MR) is 120 cm³/mol. The van der Waals surface area contributed by atoms with Gasteiger partial charge in [0.15, 0.2) is 11.5 Å². The van der Waals surface area contributed by atoms with Crippen LogP contribution < -0.4 is 14.8 Å². The lowest BCUT2D eigenvalue weighted by atomic mass is 10.1. The third-order valence-corrected chi connectivity index (χ3v) is 5.52. The van der Waals surface area contributed by atoms with Crippen LogP contribution in [0.4, 0.5) is 10.5 Å². The van der Waals surface area contributed by atoms with Gasteiger partial charge in [-0.2, -0.15) is 0 Å². The van der Waals surface area contributed by atoms with Crippen LogP contribution in [0.15, 0.2) is 60.7 Å². The molecule has 1 N–H and O–H groups in total. The monoisotopic (exact) mass is 419 g/mol. The second kappa shape index (κ2) is 8.95. The van der Waals surface area contributed by atoms with Crippen molar-refractivity contribution in [2.24, 2.45) is 0 Å². The highest BCUT2D eigenvalue weighted by Crippen LogP contribution is 2.28. The topological polar surface area (TPSA) is 71.1 Å². The number of ether oxygens (including phenoxy) is 2. The first kappa shape index (κ1) is 20.5. The number of methoxy groups -OCH3 is 2. The van der Waals surface area contributed by atoms with Crippen molar-refractivity contribution < 1.29 is 19.1 Å². The number of urea groups is 1. The van der Waals surface area contributed by atoms with Crippen LogP contribution in [-0.2, 0) is 0 Å². The van der Waals surface area contributed by atoms with Crippen molar-refractivity contribution in [2.75, 3.05) is 45.7 Å².